The van der Waals surface area contributed by atoms with Crippen LogP contribution < -0.4 is 5.73 Å². The Morgan fingerprint density at radius 1 is 1.22 bits per heavy atom. The van der Waals surface area contributed by atoms with E-state index in [-0.39, 0.29) is 24.2 Å². The molecule has 4 rings (SSSR count). The molecule has 6 atom stereocenters. The average Bonchev–Trinajstić information content (AvgIpc) is 2.79. The van der Waals surface area contributed by atoms with E-state index in [0.717, 1.165) is 12.0 Å². The van der Waals surface area contributed by atoms with Crippen molar-refractivity contribution in [2.24, 2.45) is 29.4 Å². The molecule has 4 N–H and O–H groups in total. The lowest BCUT2D eigenvalue weighted by Crippen LogP contribution is -2.74. The molecule has 6 unspecified atom stereocenters. The zero-order valence-electron chi connectivity index (χ0n) is 20.9. The molecule has 2 fully saturated rings. The number of phenols is 1. The zero-order valence-corrected chi connectivity index (χ0v) is 20.9. The van der Waals surface area contributed by atoms with Gasteiger partial charge in [-0.05, 0) is 63.4 Å². The molecule has 0 saturated heterocycles. The maximum atomic E-state index is 13.9. The normalized spacial score (nSPS) is 32.0. The number of likely N-dealkylation sites (N-methyl/N-ethyl adjacent to an activating group) is 1. The molecule has 2 saturated carbocycles. The summed E-state index contributed by atoms with van der Waals surface area (Å²) in [6.45, 7) is 3.78. The minimum atomic E-state index is -2.71. The highest BCUT2D eigenvalue weighted by atomic mass is 16.3. The van der Waals surface area contributed by atoms with Crippen LogP contribution in [0.4, 0.5) is 0 Å². The number of allylic oxidation sites excluding steroid dienone is 1. The van der Waals surface area contributed by atoms with Crippen molar-refractivity contribution in [3.63, 3.8) is 0 Å². The number of nitrogens with two attached hydrogens (primary N) is 1. The Balaban J connectivity index is 1.90. The maximum absolute atomic E-state index is 13.9. The number of hydrogen-bond donors (Lipinski definition) is 3. The summed E-state index contributed by atoms with van der Waals surface area (Å²) in [7, 11) is 3.13. The molecule has 3 aliphatic rings. The van der Waals surface area contributed by atoms with E-state index in [1.54, 1.807) is 33.2 Å². The topological polar surface area (TPSA) is 155 Å². The average molecular weight is 497 g/mol. The maximum Gasteiger partial charge on any atom is 0.235 e. The first-order valence-electron chi connectivity index (χ1n) is 12.3. The highest BCUT2D eigenvalue weighted by molar-refractivity contribution is 6.32. The Kier molecular flexibility index (Phi) is 6.51. The molecule has 36 heavy (non-hydrogen) atoms. The summed E-state index contributed by atoms with van der Waals surface area (Å²) in [5.41, 5.74) is 4.69. The van der Waals surface area contributed by atoms with Crippen molar-refractivity contribution in [2.75, 3.05) is 14.1 Å². The fourth-order valence-electron chi connectivity index (χ4n) is 6.57. The molecular formula is C27H32N2O7. The number of carbonyl (C=O) groups excluding carboxylic acids is 5. The molecule has 1 aromatic rings. The van der Waals surface area contributed by atoms with E-state index in [1.165, 1.54) is 4.90 Å². The van der Waals surface area contributed by atoms with Crippen molar-refractivity contribution in [2.45, 2.75) is 51.2 Å². The van der Waals surface area contributed by atoms with Gasteiger partial charge >= 0.3 is 0 Å². The summed E-state index contributed by atoms with van der Waals surface area (Å²) in [6.07, 6.45) is 5.20. The van der Waals surface area contributed by atoms with Crippen LogP contribution in [-0.4, -0.2) is 69.9 Å². The van der Waals surface area contributed by atoms with Crippen molar-refractivity contribution in [1.29, 1.82) is 0 Å². The van der Waals surface area contributed by atoms with Crippen molar-refractivity contribution >= 4 is 35.1 Å². The van der Waals surface area contributed by atoms with E-state index in [0.29, 0.717) is 17.5 Å². The molecule has 1 amide bonds. The third kappa shape index (κ3) is 3.48. The fraction of sp³-hybridized carbons (Fsp3) is 0.519. The van der Waals surface area contributed by atoms with E-state index < -0.39 is 64.4 Å². The minimum Gasteiger partial charge on any atom is -0.507 e. The number of ketones is 4. The smallest absolute Gasteiger partial charge is 0.235 e. The van der Waals surface area contributed by atoms with Crippen molar-refractivity contribution in [3.05, 3.63) is 34.4 Å². The van der Waals surface area contributed by atoms with Crippen LogP contribution in [0, 0.1) is 23.7 Å². The largest absolute Gasteiger partial charge is 0.507 e. The van der Waals surface area contributed by atoms with Crippen molar-refractivity contribution < 1.29 is 34.2 Å². The molecule has 0 heterocycles. The second-order valence-electron chi connectivity index (χ2n) is 10.4. The number of fused-ring (bicyclic) bond motifs is 3. The summed E-state index contributed by atoms with van der Waals surface area (Å²) in [5, 5.41) is 22.6. The number of rotatable bonds is 5. The fourth-order valence-corrected chi connectivity index (χ4v) is 6.57. The molecule has 3 aliphatic carbocycles. The summed E-state index contributed by atoms with van der Waals surface area (Å²) in [4.78, 5) is 67.6. The standard InChI is InChI=1S/C27H32N2O7/c1-5-7-12-9-13(8-6-2)21(30)18-15(12)10-14-11-16-20(29(3)4)23(32)19(26(28)35)25(34)27(16,36)24(33)17(14)22(18)31/h6,8-9,14,16-17,19-20,30,36H,5,7,10-11H2,1-4H3,(H2,28,35). The first-order chi connectivity index (χ1) is 16.9. The van der Waals surface area contributed by atoms with Gasteiger partial charge in [0.2, 0.25) is 5.91 Å². The number of phenolic OH excluding ortho intramolecular Hbond substituents is 1. The van der Waals surface area contributed by atoms with Gasteiger partial charge in [-0.1, -0.05) is 25.5 Å². The second kappa shape index (κ2) is 9.05. The molecule has 0 radical (unpaired) electrons. The second-order valence-corrected chi connectivity index (χ2v) is 10.4. The molecule has 9 heteroatoms. The molecular weight excluding hydrogens is 464 g/mol. The molecule has 1 aromatic carbocycles. The monoisotopic (exact) mass is 496 g/mol. The Bertz CT molecular complexity index is 1220. The Labute approximate surface area is 209 Å². The quantitative estimate of drug-likeness (QED) is 0.507. The lowest BCUT2D eigenvalue weighted by atomic mass is 9.52. The highest BCUT2D eigenvalue weighted by Crippen LogP contribution is 2.51. The Morgan fingerprint density at radius 3 is 2.44 bits per heavy atom. The lowest BCUT2D eigenvalue weighted by Gasteiger charge is -2.52. The van der Waals surface area contributed by atoms with Crippen LogP contribution in [0.25, 0.3) is 6.08 Å². The van der Waals surface area contributed by atoms with Gasteiger partial charge in [-0.2, -0.15) is 0 Å². The number of nitrogens with zero attached hydrogens (tertiary/aromatic N) is 1. The van der Waals surface area contributed by atoms with Gasteiger partial charge in [0.1, 0.15) is 5.75 Å². The van der Waals surface area contributed by atoms with Gasteiger partial charge < -0.3 is 15.9 Å². The Hall–Kier alpha value is -3.17. The van der Waals surface area contributed by atoms with Crippen LogP contribution in [0.15, 0.2) is 12.1 Å². The van der Waals surface area contributed by atoms with E-state index >= 15 is 0 Å². The summed E-state index contributed by atoms with van der Waals surface area (Å²) < 4.78 is 0. The van der Waals surface area contributed by atoms with Gasteiger partial charge in [0.15, 0.2) is 34.7 Å². The van der Waals surface area contributed by atoms with Gasteiger partial charge in [-0.3, -0.25) is 28.9 Å². The number of Topliss-reactive ketones (excluding diaryl/α,β-unsaturated/α-hetero) is 4. The number of aryl methyl sites for hydroxylation is 1. The van der Waals surface area contributed by atoms with Crippen LogP contribution in [0.2, 0.25) is 0 Å². The van der Waals surface area contributed by atoms with E-state index in [1.807, 2.05) is 13.0 Å². The number of benzene rings is 1. The number of hydrogen-bond acceptors (Lipinski definition) is 8. The zero-order chi connectivity index (χ0) is 26.7. The minimum absolute atomic E-state index is 0.0423. The number of carbonyl (C=O) groups is 5. The molecule has 0 aromatic heterocycles. The van der Waals surface area contributed by atoms with Gasteiger partial charge in [-0.25, -0.2) is 0 Å². The van der Waals surface area contributed by atoms with Crippen molar-refractivity contribution in [1.82, 2.24) is 4.90 Å². The molecule has 0 spiro atoms. The summed E-state index contributed by atoms with van der Waals surface area (Å²) in [6, 6.07) is 0.743. The third-order valence-corrected chi connectivity index (χ3v) is 8.05. The molecule has 0 aliphatic heterocycles. The predicted octanol–water partition coefficient (Wildman–Crippen LogP) is 0.853. The van der Waals surface area contributed by atoms with Gasteiger partial charge in [0, 0.05) is 11.5 Å². The molecule has 192 valence electrons. The number of aromatic hydroxyl groups is 1. The summed E-state index contributed by atoms with van der Waals surface area (Å²) >= 11 is 0. The van der Waals surface area contributed by atoms with Crippen LogP contribution in [0.3, 0.4) is 0 Å². The van der Waals surface area contributed by atoms with E-state index in [4.69, 9.17) is 5.73 Å². The van der Waals surface area contributed by atoms with Gasteiger partial charge in [0.05, 0.1) is 17.5 Å². The number of amides is 1. The molecule has 9 nitrogen and oxygen atoms in total. The van der Waals surface area contributed by atoms with Crippen molar-refractivity contribution in [3.8, 4) is 5.75 Å². The summed E-state index contributed by atoms with van der Waals surface area (Å²) in [5.74, 6) is -10.2. The SMILES string of the molecule is CC=Cc1cc(CCC)c2c(c1O)C(=O)C1C(=O)C3(O)C(=O)C(C(N)=O)C(=O)C(N(C)C)C3CC1C2. The van der Waals surface area contributed by atoms with Crippen LogP contribution in [0.1, 0.15) is 53.7 Å². The predicted molar refractivity (Wildman–Crippen MR) is 130 cm³/mol. The highest BCUT2D eigenvalue weighted by Gasteiger charge is 2.69. The third-order valence-electron chi connectivity index (χ3n) is 8.05. The van der Waals surface area contributed by atoms with Gasteiger partial charge in [0.25, 0.3) is 0 Å². The van der Waals surface area contributed by atoms with Crippen LogP contribution in [0.5, 0.6) is 5.75 Å². The number of aliphatic hydroxyl groups is 1. The number of primary amides is 1. The van der Waals surface area contributed by atoms with E-state index in [2.05, 4.69) is 0 Å². The van der Waals surface area contributed by atoms with Crippen LogP contribution >= 0.6 is 0 Å². The van der Waals surface area contributed by atoms with E-state index in [9.17, 15) is 34.2 Å². The van der Waals surface area contributed by atoms with Gasteiger partial charge in [-0.15, -0.1) is 0 Å². The lowest BCUT2D eigenvalue weighted by molar-refractivity contribution is -0.181. The first kappa shape index (κ1) is 25.9. The first-order valence-corrected chi connectivity index (χ1v) is 12.3. The van der Waals surface area contributed by atoms with Crippen LogP contribution in [-0.2, 0) is 32.0 Å². The Morgan fingerprint density at radius 2 is 1.89 bits per heavy atom. The molecule has 0 bridgehead atoms.